The highest BCUT2D eigenvalue weighted by Gasteiger charge is 2.38. The van der Waals surface area contributed by atoms with Crippen LogP contribution in [0.25, 0.3) is 0 Å². The van der Waals surface area contributed by atoms with Gasteiger partial charge >= 0.3 is 0 Å². The second-order valence-corrected chi connectivity index (χ2v) is 6.52. The van der Waals surface area contributed by atoms with Crippen molar-refractivity contribution in [3.8, 4) is 5.75 Å². The second kappa shape index (κ2) is 6.37. The molecule has 21 heavy (non-hydrogen) atoms. The number of hydrogen-bond donors (Lipinski definition) is 1. The van der Waals surface area contributed by atoms with Crippen LogP contribution in [0.15, 0.2) is 18.2 Å². The zero-order chi connectivity index (χ0) is 14.8. The monoisotopic (exact) mass is 288 g/mol. The quantitative estimate of drug-likeness (QED) is 0.873. The fraction of sp³-hybridized carbons (Fsp3) is 0.667. The summed E-state index contributed by atoms with van der Waals surface area (Å²) in [5.74, 6) is 0.949. The molecule has 3 nitrogen and oxygen atoms in total. The Morgan fingerprint density at radius 2 is 2.10 bits per heavy atom. The predicted octanol–water partition coefficient (Wildman–Crippen LogP) is 3.27. The van der Waals surface area contributed by atoms with Crippen LogP contribution in [0.5, 0.6) is 5.75 Å². The van der Waals surface area contributed by atoms with Crippen molar-refractivity contribution in [2.45, 2.75) is 63.6 Å². The van der Waals surface area contributed by atoms with E-state index in [1.54, 1.807) is 7.11 Å². The fourth-order valence-electron chi connectivity index (χ4n) is 3.68. The van der Waals surface area contributed by atoms with Crippen molar-refractivity contribution in [3.63, 3.8) is 0 Å². The lowest BCUT2D eigenvalue weighted by atomic mass is 9.83. The van der Waals surface area contributed by atoms with Crippen LogP contribution in [0.1, 0.15) is 56.2 Å². The Morgan fingerprint density at radius 3 is 2.76 bits per heavy atom. The van der Waals surface area contributed by atoms with E-state index in [-0.39, 0.29) is 6.04 Å². The van der Waals surface area contributed by atoms with Gasteiger partial charge in [-0.2, -0.15) is 0 Å². The Bertz CT molecular complexity index is 484. The van der Waals surface area contributed by atoms with E-state index in [0.717, 1.165) is 18.2 Å². The van der Waals surface area contributed by atoms with Crippen LogP contribution >= 0.6 is 0 Å². The molecule has 2 atom stereocenters. The first kappa shape index (κ1) is 14.9. The molecule has 0 radical (unpaired) electrons. The van der Waals surface area contributed by atoms with Crippen LogP contribution < -0.4 is 10.5 Å². The Morgan fingerprint density at radius 1 is 1.29 bits per heavy atom. The number of ether oxygens (including phenoxy) is 1. The fourth-order valence-corrected chi connectivity index (χ4v) is 3.68. The first-order chi connectivity index (χ1) is 10.2. The molecule has 0 bridgehead atoms. The van der Waals surface area contributed by atoms with Gasteiger partial charge in [0.15, 0.2) is 0 Å². The van der Waals surface area contributed by atoms with Crippen molar-refractivity contribution >= 4 is 0 Å². The third-order valence-corrected chi connectivity index (χ3v) is 5.04. The first-order valence-electron chi connectivity index (χ1n) is 8.42. The third kappa shape index (κ3) is 3.09. The standard InChI is InChI=1S/C18H28N2O/c1-3-4-11-20(14-6-7-14)17-10-5-13-12-15(21-2)8-9-16(13)18(17)19/h8-9,12,14,17-18H,3-7,10-11,19H2,1-2H3. The second-order valence-electron chi connectivity index (χ2n) is 6.52. The van der Waals surface area contributed by atoms with E-state index in [2.05, 4.69) is 30.0 Å². The predicted molar refractivity (Wildman–Crippen MR) is 86.7 cm³/mol. The number of methoxy groups -OCH3 is 1. The van der Waals surface area contributed by atoms with Crippen LogP contribution in [-0.4, -0.2) is 30.6 Å². The lowest BCUT2D eigenvalue weighted by Crippen LogP contribution is -2.47. The van der Waals surface area contributed by atoms with Crippen LogP contribution in [-0.2, 0) is 6.42 Å². The average Bonchev–Trinajstić information content (AvgIpc) is 3.34. The molecule has 0 saturated heterocycles. The number of nitrogens with two attached hydrogens (primary N) is 1. The van der Waals surface area contributed by atoms with Crippen molar-refractivity contribution in [3.05, 3.63) is 29.3 Å². The molecule has 2 aliphatic carbocycles. The summed E-state index contributed by atoms with van der Waals surface area (Å²) in [6.07, 6.45) is 7.58. The summed E-state index contributed by atoms with van der Waals surface area (Å²) in [4.78, 5) is 2.71. The molecule has 0 heterocycles. The van der Waals surface area contributed by atoms with Gasteiger partial charge in [-0.1, -0.05) is 19.4 Å². The maximum Gasteiger partial charge on any atom is 0.119 e. The Hall–Kier alpha value is -1.06. The van der Waals surface area contributed by atoms with E-state index < -0.39 is 0 Å². The molecule has 2 unspecified atom stereocenters. The van der Waals surface area contributed by atoms with Gasteiger partial charge in [-0.15, -0.1) is 0 Å². The van der Waals surface area contributed by atoms with E-state index >= 15 is 0 Å². The number of aryl methyl sites for hydroxylation is 1. The van der Waals surface area contributed by atoms with E-state index in [0.29, 0.717) is 6.04 Å². The minimum absolute atomic E-state index is 0.150. The molecular formula is C18H28N2O. The highest BCUT2D eigenvalue weighted by Crippen LogP contribution is 2.38. The number of unbranched alkanes of at least 4 members (excludes halogenated alkanes) is 1. The third-order valence-electron chi connectivity index (χ3n) is 5.04. The van der Waals surface area contributed by atoms with E-state index in [1.165, 1.54) is 49.8 Å². The highest BCUT2D eigenvalue weighted by atomic mass is 16.5. The molecule has 1 saturated carbocycles. The maximum atomic E-state index is 6.64. The zero-order valence-corrected chi connectivity index (χ0v) is 13.3. The van der Waals surface area contributed by atoms with Crippen LogP contribution in [0.4, 0.5) is 0 Å². The lowest BCUT2D eigenvalue weighted by molar-refractivity contribution is 0.143. The smallest absolute Gasteiger partial charge is 0.119 e. The van der Waals surface area contributed by atoms with Crippen molar-refractivity contribution in [2.75, 3.05) is 13.7 Å². The molecule has 1 aromatic carbocycles. The van der Waals surface area contributed by atoms with Crippen molar-refractivity contribution in [2.24, 2.45) is 5.73 Å². The van der Waals surface area contributed by atoms with Gasteiger partial charge in [-0.25, -0.2) is 0 Å². The van der Waals surface area contributed by atoms with Gasteiger partial charge < -0.3 is 10.5 Å². The molecule has 2 aliphatic rings. The summed E-state index contributed by atoms with van der Waals surface area (Å²) in [5, 5.41) is 0. The number of rotatable bonds is 6. The molecule has 3 rings (SSSR count). The lowest BCUT2D eigenvalue weighted by Gasteiger charge is -2.40. The van der Waals surface area contributed by atoms with Crippen molar-refractivity contribution in [1.82, 2.24) is 4.90 Å². The normalized spacial score (nSPS) is 25.0. The highest BCUT2D eigenvalue weighted by molar-refractivity contribution is 5.40. The molecule has 3 heteroatoms. The molecule has 0 amide bonds. The van der Waals surface area contributed by atoms with Gasteiger partial charge in [0.1, 0.15) is 5.75 Å². The van der Waals surface area contributed by atoms with Crippen LogP contribution in [0, 0.1) is 0 Å². The van der Waals surface area contributed by atoms with Crippen molar-refractivity contribution in [1.29, 1.82) is 0 Å². The molecule has 0 spiro atoms. The summed E-state index contributed by atoms with van der Waals surface area (Å²) in [6, 6.07) is 7.86. The van der Waals surface area contributed by atoms with Gasteiger partial charge in [0.05, 0.1) is 7.11 Å². The summed E-state index contributed by atoms with van der Waals surface area (Å²) >= 11 is 0. The van der Waals surface area contributed by atoms with E-state index in [4.69, 9.17) is 10.5 Å². The zero-order valence-electron chi connectivity index (χ0n) is 13.3. The molecule has 0 aliphatic heterocycles. The summed E-state index contributed by atoms with van der Waals surface area (Å²) in [6.45, 7) is 3.48. The summed E-state index contributed by atoms with van der Waals surface area (Å²) in [7, 11) is 1.73. The topological polar surface area (TPSA) is 38.5 Å². The van der Waals surface area contributed by atoms with Crippen LogP contribution in [0.2, 0.25) is 0 Å². The van der Waals surface area contributed by atoms with E-state index in [9.17, 15) is 0 Å². The minimum atomic E-state index is 0.150. The van der Waals surface area contributed by atoms with Gasteiger partial charge in [0, 0.05) is 18.1 Å². The Labute approximate surface area is 128 Å². The van der Waals surface area contributed by atoms with Gasteiger partial charge in [0.25, 0.3) is 0 Å². The molecule has 1 fully saturated rings. The molecule has 116 valence electrons. The van der Waals surface area contributed by atoms with Crippen LogP contribution in [0.3, 0.4) is 0 Å². The molecule has 0 aromatic heterocycles. The number of benzene rings is 1. The number of hydrogen-bond acceptors (Lipinski definition) is 3. The largest absolute Gasteiger partial charge is 0.497 e. The average molecular weight is 288 g/mol. The summed E-state index contributed by atoms with van der Waals surface area (Å²) < 4.78 is 5.34. The minimum Gasteiger partial charge on any atom is -0.497 e. The Balaban J connectivity index is 1.78. The number of nitrogens with zero attached hydrogens (tertiary/aromatic N) is 1. The van der Waals surface area contributed by atoms with Crippen molar-refractivity contribution < 1.29 is 4.74 Å². The van der Waals surface area contributed by atoms with Gasteiger partial charge in [-0.05, 0) is 61.9 Å². The van der Waals surface area contributed by atoms with E-state index in [1.807, 2.05) is 0 Å². The molecule has 2 N–H and O–H groups in total. The van der Waals surface area contributed by atoms with Gasteiger partial charge in [0.2, 0.25) is 0 Å². The maximum absolute atomic E-state index is 6.64. The molecular weight excluding hydrogens is 260 g/mol. The molecule has 1 aromatic rings. The SMILES string of the molecule is CCCCN(C1CC1)C1CCc2cc(OC)ccc2C1N. The Kier molecular flexibility index (Phi) is 4.51. The van der Waals surface area contributed by atoms with Gasteiger partial charge in [-0.3, -0.25) is 4.90 Å². The number of fused-ring (bicyclic) bond motifs is 1. The summed E-state index contributed by atoms with van der Waals surface area (Å²) in [5.41, 5.74) is 9.34. The first-order valence-corrected chi connectivity index (χ1v) is 8.42.